The van der Waals surface area contributed by atoms with Crippen molar-refractivity contribution in [1.29, 1.82) is 0 Å². The first kappa shape index (κ1) is 20.3. The van der Waals surface area contributed by atoms with Gasteiger partial charge in [-0.05, 0) is 63.3 Å². The smallest absolute Gasteiger partial charge is 0.243 e. The summed E-state index contributed by atoms with van der Waals surface area (Å²) in [6.07, 6.45) is 4.80. The molecular formula is C21H29N3O4S. The standard InChI is InChI=1S/C21H29N3O4S/c1-21(2)17-14-16(29(27,28)23-12-4-3-5-13-23)8-9-18(17)24(20(21)26)15-19(25)22-10-6-7-11-22/h8-9,14H,3-7,10-13,15H2,1-2H3. The fourth-order valence-electron chi connectivity index (χ4n) is 4.59. The van der Waals surface area contributed by atoms with Gasteiger partial charge in [0.15, 0.2) is 0 Å². The molecule has 0 aromatic heterocycles. The minimum absolute atomic E-state index is 0.00743. The second-order valence-electron chi connectivity index (χ2n) is 8.75. The summed E-state index contributed by atoms with van der Waals surface area (Å²) in [7, 11) is -3.58. The Morgan fingerprint density at radius 1 is 1.00 bits per heavy atom. The van der Waals surface area contributed by atoms with Crippen molar-refractivity contribution in [3.05, 3.63) is 23.8 Å². The van der Waals surface area contributed by atoms with E-state index < -0.39 is 15.4 Å². The molecule has 2 saturated heterocycles. The molecule has 3 aliphatic heterocycles. The van der Waals surface area contributed by atoms with Gasteiger partial charge in [0, 0.05) is 31.9 Å². The van der Waals surface area contributed by atoms with E-state index in [9.17, 15) is 18.0 Å². The number of rotatable bonds is 4. The number of nitrogens with zero attached hydrogens (tertiary/aromatic N) is 3. The number of hydrogen-bond acceptors (Lipinski definition) is 4. The lowest BCUT2D eigenvalue weighted by Gasteiger charge is -2.26. The quantitative estimate of drug-likeness (QED) is 0.749. The van der Waals surface area contributed by atoms with E-state index in [4.69, 9.17) is 0 Å². The van der Waals surface area contributed by atoms with Gasteiger partial charge in [-0.15, -0.1) is 0 Å². The van der Waals surface area contributed by atoms with Crippen LogP contribution >= 0.6 is 0 Å². The predicted octanol–water partition coefficient (Wildman–Crippen LogP) is 2.11. The van der Waals surface area contributed by atoms with E-state index in [1.807, 2.05) is 0 Å². The molecule has 7 nitrogen and oxygen atoms in total. The number of piperidine rings is 1. The van der Waals surface area contributed by atoms with Gasteiger partial charge in [-0.2, -0.15) is 4.31 Å². The monoisotopic (exact) mass is 419 g/mol. The normalized spacial score (nSPS) is 22.2. The topological polar surface area (TPSA) is 78.0 Å². The number of likely N-dealkylation sites (tertiary alicyclic amines) is 1. The first-order chi connectivity index (χ1) is 13.7. The molecule has 0 spiro atoms. The molecule has 2 fully saturated rings. The molecule has 29 heavy (non-hydrogen) atoms. The Kier molecular flexibility index (Phi) is 5.19. The number of carbonyl (C=O) groups excluding carboxylic acids is 2. The van der Waals surface area contributed by atoms with Crippen LogP contribution in [-0.2, 0) is 25.0 Å². The molecule has 0 saturated carbocycles. The Morgan fingerprint density at radius 3 is 2.28 bits per heavy atom. The van der Waals surface area contributed by atoms with Gasteiger partial charge in [0.25, 0.3) is 0 Å². The second-order valence-corrected chi connectivity index (χ2v) is 10.7. The van der Waals surface area contributed by atoms with Crippen LogP contribution in [0.2, 0.25) is 0 Å². The number of amides is 2. The molecule has 3 aliphatic rings. The van der Waals surface area contributed by atoms with E-state index in [1.165, 1.54) is 9.21 Å². The fourth-order valence-corrected chi connectivity index (χ4v) is 6.13. The van der Waals surface area contributed by atoms with Crippen LogP contribution in [0.3, 0.4) is 0 Å². The molecule has 158 valence electrons. The number of benzene rings is 1. The van der Waals surface area contributed by atoms with Crippen molar-refractivity contribution in [1.82, 2.24) is 9.21 Å². The van der Waals surface area contributed by atoms with E-state index in [2.05, 4.69) is 0 Å². The van der Waals surface area contributed by atoms with Crippen molar-refractivity contribution < 1.29 is 18.0 Å². The molecule has 1 aromatic carbocycles. The first-order valence-corrected chi connectivity index (χ1v) is 11.9. The molecule has 0 atom stereocenters. The molecular weight excluding hydrogens is 390 g/mol. The van der Waals surface area contributed by atoms with Crippen LogP contribution in [0, 0.1) is 0 Å². The van der Waals surface area contributed by atoms with Gasteiger partial charge >= 0.3 is 0 Å². The second kappa shape index (κ2) is 7.40. The zero-order chi connectivity index (χ0) is 20.8. The van der Waals surface area contributed by atoms with Crippen LogP contribution in [0.25, 0.3) is 0 Å². The van der Waals surface area contributed by atoms with Gasteiger partial charge in [-0.25, -0.2) is 8.42 Å². The van der Waals surface area contributed by atoms with Crippen LogP contribution in [0.5, 0.6) is 0 Å². The van der Waals surface area contributed by atoms with Crippen LogP contribution in [0.4, 0.5) is 5.69 Å². The maximum Gasteiger partial charge on any atom is 0.243 e. The summed E-state index contributed by atoms with van der Waals surface area (Å²) in [6.45, 7) is 6.16. The van der Waals surface area contributed by atoms with E-state index in [-0.39, 0.29) is 23.3 Å². The molecule has 1 aromatic rings. The fraction of sp³-hybridized carbons (Fsp3) is 0.619. The van der Waals surface area contributed by atoms with Gasteiger partial charge in [-0.3, -0.25) is 9.59 Å². The first-order valence-electron chi connectivity index (χ1n) is 10.5. The van der Waals surface area contributed by atoms with Crippen LogP contribution in [0.15, 0.2) is 23.1 Å². The van der Waals surface area contributed by atoms with Crippen molar-refractivity contribution in [2.45, 2.75) is 56.3 Å². The maximum atomic E-state index is 13.1. The predicted molar refractivity (Wildman–Crippen MR) is 110 cm³/mol. The summed E-state index contributed by atoms with van der Waals surface area (Å²) in [5.74, 6) is -0.211. The molecule has 0 aliphatic carbocycles. The molecule has 3 heterocycles. The summed E-state index contributed by atoms with van der Waals surface area (Å²) in [6, 6.07) is 4.90. The van der Waals surface area contributed by atoms with Gasteiger partial charge in [0.05, 0.1) is 10.3 Å². The molecule has 2 amide bonds. The van der Waals surface area contributed by atoms with Crippen LogP contribution in [0.1, 0.15) is 51.5 Å². The van der Waals surface area contributed by atoms with Crippen molar-refractivity contribution in [3.63, 3.8) is 0 Å². The van der Waals surface area contributed by atoms with E-state index in [0.29, 0.717) is 24.3 Å². The SMILES string of the molecule is CC1(C)C(=O)N(CC(=O)N2CCCC2)c2ccc(S(=O)(=O)N3CCCCC3)cc21. The number of fused-ring (bicyclic) bond motifs is 1. The van der Waals surface area contributed by atoms with E-state index in [0.717, 1.165) is 45.2 Å². The Labute approximate surface area is 172 Å². The average molecular weight is 420 g/mol. The highest BCUT2D eigenvalue weighted by molar-refractivity contribution is 7.89. The lowest BCUT2D eigenvalue weighted by molar-refractivity contribution is -0.131. The van der Waals surface area contributed by atoms with E-state index >= 15 is 0 Å². The van der Waals surface area contributed by atoms with Gasteiger partial charge in [0.1, 0.15) is 6.54 Å². The largest absolute Gasteiger partial charge is 0.341 e. The van der Waals surface area contributed by atoms with Crippen molar-refractivity contribution in [2.24, 2.45) is 0 Å². The Hall–Kier alpha value is -1.93. The maximum absolute atomic E-state index is 13.1. The highest BCUT2D eigenvalue weighted by atomic mass is 32.2. The Morgan fingerprint density at radius 2 is 1.62 bits per heavy atom. The molecule has 8 heteroatoms. The van der Waals surface area contributed by atoms with Crippen LogP contribution in [-0.4, -0.2) is 62.2 Å². The number of sulfonamides is 1. The molecule has 0 bridgehead atoms. The van der Waals surface area contributed by atoms with E-state index in [1.54, 1.807) is 36.9 Å². The Bertz CT molecular complexity index is 929. The third-order valence-electron chi connectivity index (χ3n) is 6.42. The minimum Gasteiger partial charge on any atom is -0.341 e. The summed E-state index contributed by atoms with van der Waals surface area (Å²) in [5, 5.41) is 0. The summed E-state index contributed by atoms with van der Waals surface area (Å²) >= 11 is 0. The lowest BCUT2D eigenvalue weighted by atomic mass is 9.86. The van der Waals surface area contributed by atoms with Gasteiger partial charge in [-0.1, -0.05) is 6.42 Å². The molecule has 0 unspecified atom stereocenters. The number of hydrogen-bond donors (Lipinski definition) is 0. The van der Waals surface area contributed by atoms with Gasteiger partial charge in [0.2, 0.25) is 21.8 Å². The average Bonchev–Trinajstić information content (AvgIpc) is 3.31. The van der Waals surface area contributed by atoms with Crippen molar-refractivity contribution >= 4 is 27.5 Å². The minimum atomic E-state index is -3.58. The highest BCUT2D eigenvalue weighted by Gasteiger charge is 2.45. The zero-order valence-electron chi connectivity index (χ0n) is 17.2. The third kappa shape index (κ3) is 3.46. The summed E-state index contributed by atoms with van der Waals surface area (Å²) in [5.41, 5.74) is 0.452. The summed E-state index contributed by atoms with van der Waals surface area (Å²) < 4.78 is 27.7. The van der Waals surface area contributed by atoms with Crippen LogP contribution < -0.4 is 4.90 Å². The molecule has 0 radical (unpaired) electrons. The van der Waals surface area contributed by atoms with Crippen molar-refractivity contribution in [2.75, 3.05) is 37.6 Å². The Balaban J connectivity index is 1.65. The molecule has 4 rings (SSSR count). The van der Waals surface area contributed by atoms with Gasteiger partial charge < -0.3 is 9.80 Å². The van der Waals surface area contributed by atoms with Crippen molar-refractivity contribution in [3.8, 4) is 0 Å². The molecule has 0 N–H and O–H groups in total. The number of carbonyl (C=O) groups is 2. The zero-order valence-corrected chi connectivity index (χ0v) is 18.0. The highest BCUT2D eigenvalue weighted by Crippen LogP contribution is 2.43. The third-order valence-corrected chi connectivity index (χ3v) is 8.31. The lowest BCUT2D eigenvalue weighted by Crippen LogP contribution is -2.43. The summed E-state index contributed by atoms with van der Waals surface area (Å²) in [4.78, 5) is 29.3. The number of anilines is 1.